The minimum absolute atomic E-state index is 0.289. The molecule has 0 N–H and O–H groups in total. The van der Waals surface area contributed by atoms with Gasteiger partial charge in [-0.3, -0.25) is 4.90 Å². The van der Waals surface area contributed by atoms with Crippen LogP contribution in [0, 0.1) is 5.82 Å². The summed E-state index contributed by atoms with van der Waals surface area (Å²) < 4.78 is 18.7. The topological polar surface area (TPSA) is 41.5 Å². The Balaban J connectivity index is 1.32. The second kappa shape index (κ2) is 8.45. The van der Waals surface area contributed by atoms with Gasteiger partial charge in [0, 0.05) is 49.9 Å². The van der Waals surface area contributed by atoms with E-state index in [-0.39, 0.29) is 5.82 Å². The van der Waals surface area contributed by atoms with Gasteiger partial charge in [0.15, 0.2) is 0 Å². The van der Waals surface area contributed by atoms with Gasteiger partial charge in [-0.05, 0) is 42.1 Å². The number of benzene rings is 1. The molecule has 1 fully saturated rings. The van der Waals surface area contributed by atoms with E-state index in [4.69, 9.17) is 4.74 Å². The monoisotopic (exact) mass is 384 g/mol. The summed E-state index contributed by atoms with van der Waals surface area (Å²) in [4.78, 5) is 15.0. The first-order valence-electron chi connectivity index (χ1n) is 9.02. The van der Waals surface area contributed by atoms with Gasteiger partial charge in [0.2, 0.25) is 11.8 Å². The van der Waals surface area contributed by atoms with E-state index in [9.17, 15) is 4.39 Å². The molecule has 3 aromatic rings. The maximum Gasteiger partial charge on any atom is 0.228 e. The highest BCUT2D eigenvalue weighted by Gasteiger charge is 2.19. The lowest BCUT2D eigenvalue weighted by Crippen LogP contribution is -2.47. The number of aromatic nitrogens is 2. The van der Waals surface area contributed by atoms with Crippen LogP contribution in [0.15, 0.2) is 54.0 Å². The number of rotatable bonds is 6. The van der Waals surface area contributed by atoms with Crippen molar-refractivity contribution in [2.45, 2.75) is 6.42 Å². The summed E-state index contributed by atoms with van der Waals surface area (Å²) in [5.74, 6) is 1.40. The summed E-state index contributed by atoms with van der Waals surface area (Å²) in [5.41, 5.74) is 0. The van der Waals surface area contributed by atoms with Crippen molar-refractivity contribution in [2.75, 3.05) is 37.6 Å². The highest BCUT2D eigenvalue weighted by molar-refractivity contribution is 7.09. The number of halogens is 1. The molecule has 1 aliphatic rings. The number of anilines is 1. The maximum atomic E-state index is 13.0. The normalized spacial score (nSPS) is 15.1. The minimum Gasteiger partial charge on any atom is -0.439 e. The molecule has 0 spiro atoms. The van der Waals surface area contributed by atoms with Crippen LogP contribution >= 0.6 is 11.3 Å². The van der Waals surface area contributed by atoms with Crippen molar-refractivity contribution >= 4 is 17.3 Å². The fraction of sp³-hybridized carbons (Fsp3) is 0.300. The first-order valence-corrected chi connectivity index (χ1v) is 9.90. The van der Waals surface area contributed by atoms with E-state index in [1.165, 1.54) is 17.0 Å². The van der Waals surface area contributed by atoms with Crippen LogP contribution in [0.1, 0.15) is 4.88 Å². The van der Waals surface area contributed by atoms with Gasteiger partial charge in [-0.15, -0.1) is 11.3 Å². The molecule has 1 saturated heterocycles. The largest absolute Gasteiger partial charge is 0.439 e. The summed E-state index contributed by atoms with van der Waals surface area (Å²) >= 11 is 1.82. The van der Waals surface area contributed by atoms with E-state index in [1.807, 2.05) is 11.3 Å². The molecule has 7 heteroatoms. The van der Waals surface area contributed by atoms with Crippen molar-refractivity contribution < 1.29 is 9.13 Å². The molecular weight excluding hydrogens is 363 g/mol. The van der Waals surface area contributed by atoms with Crippen molar-refractivity contribution in [3.63, 3.8) is 0 Å². The van der Waals surface area contributed by atoms with Crippen LogP contribution in [0.25, 0.3) is 0 Å². The van der Waals surface area contributed by atoms with Gasteiger partial charge in [0.25, 0.3) is 0 Å². The summed E-state index contributed by atoms with van der Waals surface area (Å²) in [6.07, 6.45) is 2.81. The molecule has 2 aromatic heterocycles. The van der Waals surface area contributed by atoms with Crippen LogP contribution in [-0.4, -0.2) is 47.6 Å². The van der Waals surface area contributed by atoms with Crippen molar-refractivity contribution in [1.29, 1.82) is 0 Å². The summed E-state index contributed by atoms with van der Waals surface area (Å²) in [6, 6.07) is 11.9. The SMILES string of the molecule is Fc1ccc(Oc2ccnc(N3CCN(CCc4cccs4)CC3)n2)cc1. The van der Waals surface area contributed by atoms with Crippen LogP contribution in [0.3, 0.4) is 0 Å². The number of hydrogen-bond donors (Lipinski definition) is 0. The molecule has 0 radical (unpaired) electrons. The van der Waals surface area contributed by atoms with Crippen molar-refractivity contribution in [3.05, 3.63) is 64.7 Å². The third-order valence-electron chi connectivity index (χ3n) is 4.56. The molecule has 1 aliphatic heterocycles. The van der Waals surface area contributed by atoms with Gasteiger partial charge < -0.3 is 9.64 Å². The molecule has 4 rings (SSSR count). The van der Waals surface area contributed by atoms with Crippen LogP contribution in [0.4, 0.5) is 10.3 Å². The Labute approximate surface area is 162 Å². The molecule has 5 nitrogen and oxygen atoms in total. The van der Waals surface area contributed by atoms with E-state index in [0.717, 1.165) is 39.1 Å². The van der Waals surface area contributed by atoms with Gasteiger partial charge >= 0.3 is 0 Å². The number of hydrogen-bond acceptors (Lipinski definition) is 6. The Hall–Kier alpha value is -2.51. The van der Waals surface area contributed by atoms with Crippen LogP contribution in [0.2, 0.25) is 0 Å². The van der Waals surface area contributed by atoms with E-state index in [2.05, 4.69) is 37.3 Å². The predicted octanol–water partition coefficient (Wildman–Crippen LogP) is 3.83. The quantitative estimate of drug-likeness (QED) is 0.646. The third kappa shape index (κ3) is 4.81. The van der Waals surface area contributed by atoms with Crippen LogP contribution < -0.4 is 9.64 Å². The second-order valence-corrected chi connectivity index (χ2v) is 7.44. The molecule has 0 bridgehead atoms. The van der Waals surface area contributed by atoms with Gasteiger partial charge in [-0.25, -0.2) is 9.37 Å². The molecule has 0 atom stereocenters. The van der Waals surface area contributed by atoms with Crippen molar-refractivity contribution in [3.8, 4) is 11.6 Å². The Morgan fingerprint density at radius 3 is 2.59 bits per heavy atom. The Kier molecular flexibility index (Phi) is 5.60. The second-order valence-electron chi connectivity index (χ2n) is 6.41. The summed E-state index contributed by atoms with van der Waals surface area (Å²) in [5, 5.41) is 2.13. The van der Waals surface area contributed by atoms with E-state index in [0.29, 0.717) is 17.6 Å². The Morgan fingerprint density at radius 1 is 1.04 bits per heavy atom. The lowest BCUT2D eigenvalue weighted by Gasteiger charge is -2.34. The van der Waals surface area contributed by atoms with E-state index < -0.39 is 0 Å². The number of nitrogens with zero attached hydrogens (tertiary/aromatic N) is 4. The molecule has 0 aliphatic carbocycles. The zero-order valence-electron chi connectivity index (χ0n) is 14.9. The Morgan fingerprint density at radius 2 is 1.85 bits per heavy atom. The smallest absolute Gasteiger partial charge is 0.228 e. The Bertz CT molecular complexity index is 849. The minimum atomic E-state index is -0.289. The van der Waals surface area contributed by atoms with Gasteiger partial charge in [-0.1, -0.05) is 6.07 Å². The zero-order valence-corrected chi connectivity index (χ0v) is 15.7. The van der Waals surface area contributed by atoms with E-state index >= 15 is 0 Å². The number of ether oxygens (including phenoxy) is 1. The van der Waals surface area contributed by atoms with Crippen LogP contribution in [0.5, 0.6) is 11.6 Å². The standard InChI is InChI=1S/C20H21FN4OS/c21-16-3-5-17(6-4-16)26-19-7-9-22-20(23-19)25-13-11-24(12-14-25)10-8-18-2-1-15-27-18/h1-7,9,15H,8,10-14H2. The molecule has 27 heavy (non-hydrogen) atoms. The predicted molar refractivity (Wildman–Crippen MR) is 105 cm³/mol. The summed E-state index contributed by atoms with van der Waals surface area (Å²) in [7, 11) is 0. The van der Waals surface area contributed by atoms with Gasteiger partial charge in [0.1, 0.15) is 11.6 Å². The number of thiophene rings is 1. The fourth-order valence-electron chi connectivity index (χ4n) is 3.06. The third-order valence-corrected chi connectivity index (χ3v) is 5.50. The van der Waals surface area contributed by atoms with Crippen LogP contribution in [-0.2, 0) is 6.42 Å². The molecular formula is C20H21FN4OS. The zero-order chi connectivity index (χ0) is 18.5. The molecule has 0 saturated carbocycles. The van der Waals surface area contributed by atoms with Gasteiger partial charge in [-0.2, -0.15) is 4.98 Å². The van der Waals surface area contributed by atoms with E-state index in [1.54, 1.807) is 24.4 Å². The average Bonchev–Trinajstić information content (AvgIpc) is 3.23. The highest BCUT2D eigenvalue weighted by Crippen LogP contribution is 2.21. The highest BCUT2D eigenvalue weighted by atomic mass is 32.1. The van der Waals surface area contributed by atoms with Crippen molar-refractivity contribution in [2.24, 2.45) is 0 Å². The lowest BCUT2D eigenvalue weighted by atomic mass is 10.2. The lowest BCUT2D eigenvalue weighted by molar-refractivity contribution is 0.260. The molecule has 140 valence electrons. The van der Waals surface area contributed by atoms with Gasteiger partial charge in [0.05, 0.1) is 0 Å². The molecule has 0 unspecified atom stereocenters. The van der Waals surface area contributed by atoms with Crippen molar-refractivity contribution in [1.82, 2.24) is 14.9 Å². The summed E-state index contributed by atoms with van der Waals surface area (Å²) in [6.45, 7) is 4.87. The average molecular weight is 384 g/mol. The first-order chi connectivity index (χ1) is 13.3. The fourth-order valence-corrected chi connectivity index (χ4v) is 3.76. The first kappa shape index (κ1) is 17.9. The number of piperazine rings is 1. The molecule has 0 amide bonds. The molecule has 3 heterocycles. The maximum absolute atomic E-state index is 13.0. The molecule has 1 aromatic carbocycles.